The molecule has 2 heterocycles. The third-order valence-corrected chi connectivity index (χ3v) is 3.73. The lowest BCUT2D eigenvalue weighted by Crippen LogP contribution is -2.44. The number of piperidine rings is 1. The Hall–Kier alpha value is -1.13. The summed E-state index contributed by atoms with van der Waals surface area (Å²) >= 11 is 0. The highest BCUT2D eigenvalue weighted by atomic mass is 16.3. The van der Waals surface area contributed by atoms with E-state index in [-0.39, 0.29) is 6.10 Å². The zero-order valence-electron chi connectivity index (χ0n) is 11.8. The van der Waals surface area contributed by atoms with Crippen molar-refractivity contribution in [3.8, 4) is 0 Å². The predicted molar refractivity (Wildman–Crippen MR) is 78.4 cm³/mol. The van der Waals surface area contributed by atoms with Crippen LogP contribution in [0.2, 0.25) is 0 Å². The minimum atomic E-state index is -0.196. The zero-order valence-corrected chi connectivity index (χ0v) is 11.8. The molecule has 1 saturated heterocycles. The number of nitrogens with zero attached hydrogens (tertiary/aromatic N) is 2. The quantitative estimate of drug-likeness (QED) is 0.821. The fraction of sp³-hybridized carbons (Fsp3) is 0.667. The minimum Gasteiger partial charge on any atom is -0.392 e. The van der Waals surface area contributed by atoms with Crippen LogP contribution in [-0.2, 0) is 0 Å². The molecular weight excluding hydrogens is 238 g/mol. The predicted octanol–water partition coefficient (Wildman–Crippen LogP) is 1.80. The second kappa shape index (κ2) is 7.46. The first-order valence-electron chi connectivity index (χ1n) is 7.37. The standard InChI is InChI=1S/C15H25N3O/c1-2-5-14(19)12-17-13-7-10-18(11-8-13)15-6-3-4-9-16-15/h3-4,6,9,13-14,17,19H,2,5,7-8,10-12H2,1H3. The molecule has 1 aromatic rings. The molecule has 1 aliphatic rings. The van der Waals surface area contributed by atoms with Crippen molar-refractivity contribution in [2.24, 2.45) is 0 Å². The Morgan fingerprint density at radius 2 is 2.21 bits per heavy atom. The van der Waals surface area contributed by atoms with Gasteiger partial charge in [0.05, 0.1) is 6.10 Å². The number of hydrogen-bond donors (Lipinski definition) is 2. The topological polar surface area (TPSA) is 48.4 Å². The summed E-state index contributed by atoms with van der Waals surface area (Å²) in [5.74, 6) is 1.08. The average molecular weight is 263 g/mol. The second-order valence-corrected chi connectivity index (χ2v) is 5.30. The van der Waals surface area contributed by atoms with Crippen LogP contribution in [0.1, 0.15) is 32.6 Å². The lowest BCUT2D eigenvalue weighted by atomic mass is 10.0. The molecule has 1 aromatic heterocycles. The molecule has 4 heteroatoms. The Bertz CT molecular complexity index is 350. The van der Waals surface area contributed by atoms with Crippen molar-refractivity contribution < 1.29 is 5.11 Å². The first-order valence-corrected chi connectivity index (χ1v) is 7.37. The number of aliphatic hydroxyl groups excluding tert-OH is 1. The van der Waals surface area contributed by atoms with Crippen molar-refractivity contribution in [2.75, 3.05) is 24.5 Å². The molecule has 1 fully saturated rings. The van der Waals surface area contributed by atoms with Crippen LogP contribution in [0, 0.1) is 0 Å². The van der Waals surface area contributed by atoms with Gasteiger partial charge in [-0.3, -0.25) is 0 Å². The van der Waals surface area contributed by atoms with Gasteiger partial charge < -0.3 is 15.3 Å². The maximum absolute atomic E-state index is 9.73. The van der Waals surface area contributed by atoms with Crippen LogP contribution in [0.3, 0.4) is 0 Å². The Balaban J connectivity index is 1.71. The maximum atomic E-state index is 9.73. The summed E-state index contributed by atoms with van der Waals surface area (Å²) in [6.45, 7) is 4.91. The van der Waals surface area contributed by atoms with Gasteiger partial charge in [0.1, 0.15) is 5.82 Å². The summed E-state index contributed by atoms with van der Waals surface area (Å²) < 4.78 is 0. The number of pyridine rings is 1. The fourth-order valence-electron chi connectivity index (χ4n) is 2.59. The smallest absolute Gasteiger partial charge is 0.128 e. The van der Waals surface area contributed by atoms with Crippen molar-refractivity contribution in [3.05, 3.63) is 24.4 Å². The van der Waals surface area contributed by atoms with Crippen LogP contribution in [0.4, 0.5) is 5.82 Å². The summed E-state index contributed by atoms with van der Waals surface area (Å²) in [5.41, 5.74) is 0. The second-order valence-electron chi connectivity index (χ2n) is 5.30. The summed E-state index contributed by atoms with van der Waals surface area (Å²) in [5, 5.41) is 13.2. The van der Waals surface area contributed by atoms with E-state index in [0.29, 0.717) is 6.04 Å². The van der Waals surface area contributed by atoms with E-state index in [2.05, 4.69) is 28.2 Å². The molecule has 0 aromatic carbocycles. The van der Waals surface area contributed by atoms with Crippen LogP contribution < -0.4 is 10.2 Å². The lowest BCUT2D eigenvalue weighted by Gasteiger charge is -2.33. The molecule has 0 radical (unpaired) electrons. The molecule has 1 atom stereocenters. The molecule has 0 aliphatic carbocycles. The number of anilines is 1. The van der Waals surface area contributed by atoms with E-state index in [0.717, 1.165) is 51.1 Å². The van der Waals surface area contributed by atoms with Crippen LogP contribution in [0.15, 0.2) is 24.4 Å². The van der Waals surface area contributed by atoms with Gasteiger partial charge >= 0.3 is 0 Å². The average Bonchev–Trinajstić information content (AvgIpc) is 2.47. The Labute approximate surface area is 115 Å². The summed E-state index contributed by atoms with van der Waals surface area (Å²) in [4.78, 5) is 6.73. The van der Waals surface area contributed by atoms with Gasteiger partial charge in [-0.25, -0.2) is 4.98 Å². The third kappa shape index (κ3) is 4.48. The summed E-state index contributed by atoms with van der Waals surface area (Å²) in [6, 6.07) is 6.59. The summed E-state index contributed by atoms with van der Waals surface area (Å²) in [7, 11) is 0. The van der Waals surface area contributed by atoms with E-state index in [4.69, 9.17) is 0 Å². The fourth-order valence-corrected chi connectivity index (χ4v) is 2.59. The van der Waals surface area contributed by atoms with E-state index in [1.54, 1.807) is 0 Å². The number of hydrogen-bond acceptors (Lipinski definition) is 4. The highest BCUT2D eigenvalue weighted by molar-refractivity contribution is 5.38. The molecule has 106 valence electrons. The Morgan fingerprint density at radius 1 is 1.42 bits per heavy atom. The van der Waals surface area contributed by atoms with E-state index >= 15 is 0 Å². The summed E-state index contributed by atoms with van der Waals surface area (Å²) in [6.07, 6.45) is 5.82. The number of rotatable bonds is 6. The van der Waals surface area contributed by atoms with Crippen LogP contribution in [0.5, 0.6) is 0 Å². The molecular formula is C15H25N3O. The maximum Gasteiger partial charge on any atom is 0.128 e. The number of nitrogens with one attached hydrogen (secondary N) is 1. The molecule has 1 unspecified atom stereocenters. The van der Waals surface area contributed by atoms with Gasteiger partial charge in [-0.15, -0.1) is 0 Å². The van der Waals surface area contributed by atoms with Crippen molar-refractivity contribution in [3.63, 3.8) is 0 Å². The van der Waals surface area contributed by atoms with Gasteiger partial charge in [-0.2, -0.15) is 0 Å². The van der Waals surface area contributed by atoms with Crippen LogP contribution in [-0.4, -0.2) is 41.9 Å². The van der Waals surface area contributed by atoms with Gasteiger partial charge in [0, 0.05) is 31.9 Å². The molecule has 1 aliphatic heterocycles. The molecule has 0 saturated carbocycles. The molecule has 4 nitrogen and oxygen atoms in total. The number of aliphatic hydroxyl groups is 1. The number of aromatic nitrogens is 1. The molecule has 2 N–H and O–H groups in total. The zero-order chi connectivity index (χ0) is 13.5. The molecule has 19 heavy (non-hydrogen) atoms. The van der Waals surface area contributed by atoms with Crippen molar-refractivity contribution >= 4 is 5.82 Å². The normalized spacial score (nSPS) is 18.5. The minimum absolute atomic E-state index is 0.196. The van der Waals surface area contributed by atoms with Crippen LogP contribution >= 0.6 is 0 Å². The molecule has 0 amide bonds. The van der Waals surface area contributed by atoms with E-state index in [1.165, 1.54) is 0 Å². The Morgan fingerprint density at radius 3 is 2.84 bits per heavy atom. The SMILES string of the molecule is CCCC(O)CNC1CCN(c2ccccn2)CC1. The van der Waals surface area contributed by atoms with E-state index in [9.17, 15) is 5.11 Å². The molecule has 0 spiro atoms. The highest BCUT2D eigenvalue weighted by Gasteiger charge is 2.20. The van der Waals surface area contributed by atoms with Crippen molar-refractivity contribution in [1.82, 2.24) is 10.3 Å². The van der Waals surface area contributed by atoms with Gasteiger partial charge in [-0.05, 0) is 31.4 Å². The van der Waals surface area contributed by atoms with E-state index < -0.39 is 0 Å². The Kier molecular flexibility index (Phi) is 5.61. The van der Waals surface area contributed by atoms with Crippen LogP contribution in [0.25, 0.3) is 0 Å². The van der Waals surface area contributed by atoms with E-state index in [1.807, 2.05) is 18.3 Å². The van der Waals surface area contributed by atoms with Gasteiger partial charge in [0.2, 0.25) is 0 Å². The lowest BCUT2D eigenvalue weighted by molar-refractivity contribution is 0.154. The first kappa shape index (κ1) is 14.3. The van der Waals surface area contributed by atoms with Gasteiger partial charge in [0.25, 0.3) is 0 Å². The molecule has 0 bridgehead atoms. The first-order chi connectivity index (χ1) is 9.29. The monoisotopic (exact) mass is 263 g/mol. The largest absolute Gasteiger partial charge is 0.392 e. The molecule has 2 rings (SSSR count). The van der Waals surface area contributed by atoms with Gasteiger partial charge in [0.15, 0.2) is 0 Å². The highest BCUT2D eigenvalue weighted by Crippen LogP contribution is 2.17. The van der Waals surface area contributed by atoms with Gasteiger partial charge in [-0.1, -0.05) is 19.4 Å². The van der Waals surface area contributed by atoms with Crippen molar-refractivity contribution in [1.29, 1.82) is 0 Å². The third-order valence-electron chi connectivity index (χ3n) is 3.73. The van der Waals surface area contributed by atoms with Crippen molar-refractivity contribution in [2.45, 2.75) is 44.8 Å².